The largest absolute Gasteiger partial charge is 0.488 e. The fourth-order valence-electron chi connectivity index (χ4n) is 1.97. The molecule has 0 fully saturated rings. The summed E-state index contributed by atoms with van der Waals surface area (Å²) in [5.74, 6) is 0.815. The average Bonchev–Trinajstić information content (AvgIpc) is 2.96. The highest BCUT2D eigenvalue weighted by Gasteiger charge is 2.10. The first kappa shape index (κ1) is 15.4. The number of benzene rings is 1. The van der Waals surface area contributed by atoms with Gasteiger partial charge in [-0.05, 0) is 49.0 Å². The van der Waals surface area contributed by atoms with Crippen LogP contribution in [0.5, 0.6) is 5.75 Å². The van der Waals surface area contributed by atoms with Gasteiger partial charge in [0.1, 0.15) is 12.4 Å². The van der Waals surface area contributed by atoms with E-state index in [0.29, 0.717) is 6.61 Å². The number of hydrogen-bond donors (Lipinski definition) is 1. The molecule has 0 radical (unpaired) electrons. The van der Waals surface area contributed by atoms with Gasteiger partial charge in [0.2, 0.25) is 0 Å². The Kier molecular flexibility index (Phi) is 5.89. The lowest BCUT2D eigenvalue weighted by atomic mass is 10.1. The predicted octanol–water partition coefficient (Wildman–Crippen LogP) is 5.04. The molecule has 20 heavy (non-hydrogen) atoms. The molecule has 4 heteroatoms. The van der Waals surface area contributed by atoms with Crippen LogP contribution in [0.3, 0.4) is 0 Å². The van der Waals surface area contributed by atoms with E-state index < -0.39 is 0 Å². The Morgan fingerprint density at radius 3 is 2.85 bits per heavy atom. The summed E-state index contributed by atoms with van der Waals surface area (Å²) in [6.45, 7) is 5.87. The Morgan fingerprint density at radius 1 is 1.35 bits per heavy atom. The number of nitrogens with one attached hydrogen (secondary N) is 1. The van der Waals surface area contributed by atoms with Crippen LogP contribution >= 0.6 is 22.9 Å². The Labute approximate surface area is 129 Å². The Hall–Kier alpha value is -1.03. The van der Waals surface area contributed by atoms with Crippen LogP contribution in [0.15, 0.2) is 35.7 Å². The van der Waals surface area contributed by atoms with Crippen molar-refractivity contribution in [2.75, 3.05) is 6.54 Å². The first-order valence-electron chi connectivity index (χ1n) is 6.88. The third kappa shape index (κ3) is 4.23. The van der Waals surface area contributed by atoms with Gasteiger partial charge in [0.05, 0.1) is 0 Å². The molecule has 2 nitrogen and oxygen atoms in total. The fourth-order valence-corrected chi connectivity index (χ4v) is 2.92. The fraction of sp³-hybridized carbons (Fsp3) is 0.375. The van der Waals surface area contributed by atoms with Crippen LogP contribution in [0.25, 0.3) is 0 Å². The molecule has 0 bridgehead atoms. The smallest absolute Gasteiger partial charge is 0.122 e. The van der Waals surface area contributed by atoms with Crippen LogP contribution in [0.1, 0.15) is 36.8 Å². The molecule has 1 heterocycles. The second kappa shape index (κ2) is 7.67. The summed E-state index contributed by atoms with van der Waals surface area (Å²) in [7, 11) is 0. The predicted molar refractivity (Wildman–Crippen MR) is 86.8 cm³/mol. The maximum Gasteiger partial charge on any atom is 0.122 e. The normalized spacial score (nSPS) is 12.3. The highest BCUT2D eigenvalue weighted by molar-refractivity contribution is 7.09. The van der Waals surface area contributed by atoms with E-state index in [0.717, 1.165) is 29.3 Å². The lowest BCUT2D eigenvalue weighted by Crippen LogP contribution is -2.19. The molecule has 0 aliphatic carbocycles. The average molecular weight is 310 g/mol. The van der Waals surface area contributed by atoms with Crippen molar-refractivity contribution in [3.8, 4) is 5.75 Å². The van der Waals surface area contributed by atoms with Crippen molar-refractivity contribution in [2.45, 2.75) is 32.9 Å². The monoisotopic (exact) mass is 309 g/mol. The minimum Gasteiger partial charge on any atom is -0.488 e. The van der Waals surface area contributed by atoms with E-state index in [4.69, 9.17) is 16.3 Å². The summed E-state index contributed by atoms with van der Waals surface area (Å²) in [5.41, 5.74) is 1.11. The Bertz CT molecular complexity index is 527. The summed E-state index contributed by atoms with van der Waals surface area (Å²) in [4.78, 5) is 1.21. The second-order valence-corrected chi connectivity index (χ2v) is 6.17. The first-order valence-corrected chi connectivity index (χ1v) is 8.14. The summed E-state index contributed by atoms with van der Waals surface area (Å²) < 4.78 is 5.75. The molecular weight excluding hydrogens is 290 g/mol. The summed E-state index contributed by atoms with van der Waals surface area (Å²) in [6, 6.07) is 10.3. The van der Waals surface area contributed by atoms with Crippen molar-refractivity contribution in [2.24, 2.45) is 0 Å². The van der Waals surface area contributed by atoms with Crippen LogP contribution < -0.4 is 10.1 Å². The number of halogens is 1. The van der Waals surface area contributed by atoms with Gasteiger partial charge in [-0.25, -0.2) is 0 Å². The molecule has 2 aromatic rings. The SMILES string of the molecule is CCCNC(C)c1ccc(OCc2cccs2)cc1Cl. The third-order valence-corrected chi connectivity index (χ3v) is 4.28. The van der Waals surface area contributed by atoms with Gasteiger partial charge in [-0.3, -0.25) is 0 Å². The zero-order valence-electron chi connectivity index (χ0n) is 11.9. The summed E-state index contributed by atoms with van der Waals surface area (Å²) in [5, 5.41) is 6.25. The maximum atomic E-state index is 6.35. The maximum absolute atomic E-state index is 6.35. The van der Waals surface area contributed by atoms with Gasteiger partial charge in [-0.1, -0.05) is 30.7 Å². The lowest BCUT2D eigenvalue weighted by molar-refractivity contribution is 0.309. The van der Waals surface area contributed by atoms with Gasteiger partial charge in [0.25, 0.3) is 0 Å². The number of ether oxygens (including phenoxy) is 1. The molecule has 1 aromatic heterocycles. The van der Waals surface area contributed by atoms with Crippen LogP contribution in [0.4, 0.5) is 0 Å². The molecule has 2 rings (SSSR count). The minimum absolute atomic E-state index is 0.258. The van der Waals surface area contributed by atoms with Crippen LogP contribution in [0.2, 0.25) is 5.02 Å². The molecule has 0 saturated heterocycles. The van der Waals surface area contributed by atoms with Gasteiger partial charge >= 0.3 is 0 Å². The molecule has 1 unspecified atom stereocenters. The van der Waals surface area contributed by atoms with E-state index in [9.17, 15) is 0 Å². The molecule has 1 aromatic carbocycles. The molecule has 0 amide bonds. The molecule has 1 N–H and O–H groups in total. The van der Waals surface area contributed by atoms with Gasteiger partial charge in [-0.2, -0.15) is 0 Å². The van der Waals surface area contributed by atoms with E-state index in [-0.39, 0.29) is 6.04 Å². The topological polar surface area (TPSA) is 21.3 Å². The number of rotatable bonds is 7. The van der Waals surface area contributed by atoms with Gasteiger partial charge in [-0.15, -0.1) is 11.3 Å². The summed E-state index contributed by atoms with van der Waals surface area (Å²) >= 11 is 8.04. The standard InChI is InChI=1S/C16H20ClNOS/c1-3-8-18-12(2)15-7-6-13(10-16(15)17)19-11-14-5-4-9-20-14/h4-7,9-10,12,18H,3,8,11H2,1-2H3. The van der Waals surface area contributed by atoms with Crippen molar-refractivity contribution in [1.82, 2.24) is 5.32 Å². The molecule has 0 aliphatic heterocycles. The van der Waals surface area contributed by atoms with Crippen molar-refractivity contribution >= 4 is 22.9 Å². The van der Waals surface area contributed by atoms with Gasteiger partial charge in [0, 0.05) is 15.9 Å². The Morgan fingerprint density at radius 2 is 2.20 bits per heavy atom. The number of thiophene rings is 1. The minimum atomic E-state index is 0.258. The molecule has 0 aliphatic rings. The highest BCUT2D eigenvalue weighted by atomic mass is 35.5. The highest BCUT2D eigenvalue weighted by Crippen LogP contribution is 2.28. The lowest BCUT2D eigenvalue weighted by Gasteiger charge is -2.16. The van der Waals surface area contributed by atoms with Crippen LogP contribution in [0, 0.1) is 0 Å². The zero-order valence-corrected chi connectivity index (χ0v) is 13.4. The molecule has 108 valence electrons. The zero-order chi connectivity index (χ0) is 14.4. The van der Waals surface area contributed by atoms with Crippen LogP contribution in [-0.2, 0) is 6.61 Å². The molecule has 0 saturated carbocycles. The van der Waals surface area contributed by atoms with Crippen LogP contribution in [-0.4, -0.2) is 6.54 Å². The first-order chi connectivity index (χ1) is 9.70. The van der Waals surface area contributed by atoms with E-state index >= 15 is 0 Å². The molecular formula is C16H20ClNOS. The van der Waals surface area contributed by atoms with E-state index in [1.54, 1.807) is 11.3 Å². The molecule has 1 atom stereocenters. The summed E-state index contributed by atoms with van der Waals surface area (Å²) in [6.07, 6.45) is 1.12. The quantitative estimate of drug-likeness (QED) is 0.773. The van der Waals surface area contributed by atoms with E-state index in [1.807, 2.05) is 24.3 Å². The van der Waals surface area contributed by atoms with E-state index in [2.05, 4.69) is 30.6 Å². The van der Waals surface area contributed by atoms with Gasteiger partial charge in [0.15, 0.2) is 0 Å². The number of hydrogen-bond acceptors (Lipinski definition) is 3. The van der Waals surface area contributed by atoms with Crippen molar-refractivity contribution < 1.29 is 4.74 Å². The third-order valence-electron chi connectivity index (χ3n) is 3.10. The molecule has 0 spiro atoms. The van der Waals surface area contributed by atoms with Crippen molar-refractivity contribution in [3.05, 3.63) is 51.2 Å². The van der Waals surface area contributed by atoms with Gasteiger partial charge < -0.3 is 10.1 Å². The van der Waals surface area contributed by atoms with Crippen molar-refractivity contribution in [3.63, 3.8) is 0 Å². The van der Waals surface area contributed by atoms with Crippen molar-refractivity contribution in [1.29, 1.82) is 0 Å². The second-order valence-electron chi connectivity index (χ2n) is 4.73. The Balaban J connectivity index is 1.98. The van der Waals surface area contributed by atoms with E-state index in [1.165, 1.54) is 4.88 Å².